The molecule has 0 bridgehead atoms. The summed E-state index contributed by atoms with van der Waals surface area (Å²) in [6, 6.07) is 15.6. The number of rotatable bonds is 9. The molecule has 0 unspecified atom stereocenters. The second kappa shape index (κ2) is 11.4. The molecule has 0 radical (unpaired) electrons. The van der Waals surface area contributed by atoms with E-state index in [0.717, 1.165) is 13.1 Å². The van der Waals surface area contributed by atoms with Crippen molar-refractivity contribution in [3.63, 3.8) is 0 Å². The van der Waals surface area contributed by atoms with Gasteiger partial charge in [0.15, 0.2) is 0 Å². The summed E-state index contributed by atoms with van der Waals surface area (Å²) in [5.74, 6) is 1.27. The highest BCUT2D eigenvalue weighted by Gasteiger charge is 2.09. The molecule has 1 amide bonds. The summed E-state index contributed by atoms with van der Waals surface area (Å²) in [6.45, 7) is 4.55. The molecule has 0 aliphatic carbocycles. The predicted octanol–water partition coefficient (Wildman–Crippen LogP) is 3.98. The van der Waals surface area contributed by atoms with Crippen LogP contribution in [0.2, 0.25) is 0 Å². The lowest BCUT2D eigenvalue weighted by atomic mass is 10.2. The minimum Gasteiger partial charge on any atom is -0.497 e. The average Bonchev–Trinajstić information content (AvgIpc) is 2.65. The Morgan fingerprint density at radius 1 is 1.04 bits per heavy atom. The van der Waals surface area contributed by atoms with Crippen LogP contribution in [0.4, 0.5) is 5.69 Å². The normalized spacial score (nSPS) is 10.2. The van der Waals surface area contributed by atoms with Gasteiger partial charge < -0.3 is 14.8 Å². The maximum atomic E-state index is 12.3. The number of carbonyl (C=O) groups excluding carboxylic acids is 1. The number of amides is 1. The average molecular weight is 379 g/mol. The third kappa shape index (κ3) is 6.94. The van der Waals surface area contributed by atoms with Crippen molar-refractivity contribution in [1.29, 1.82) is 0 Å². The van der Waals surface area contributed by atoms with Crippen molar-refractivity contribution in [3.8, 4) is 11.5 Å². The summed E-state index contributed by atoms with van der Waals surface area (Å²) in [5.41, 5.74) is 1.93. The second-order valence-electron chi connectivity index (χ2n) is 5.75. The van der Waals surface area contributed by atoms with Gasteiger partial charge in [-0.3, -0.25) is 9.69 Å². The minimum absolute atomic E-state index is 0. The monoisotopic (exact) mass is 378 g/mol. The van der Waals surface area contributed by atoms with E-state index in [1.807, 2.05) is 18.2 Å². The number of nitrogens with one attached hydrogen (secondary N) is 1. The SMILES string of the molecule is CCN(CCC(=O)Nc1cc(OC)cc(OC)c1)Cc1ccccc1.Cl. The van der Waals surface area contributed by atoms with Gasteiger partial charge in [0.05, 0.1) is 14.2 Å². The number of halogens is 1. The smallest absolute Gasteiger partial charge is 0.225 e. The molecular formula is C20H27ClN2O3. The van der Waals surface area contributed by atoms with Crippen LogP contribution in [0, 0.1) is 0 Å². The quantitative estimate of drug-likeness (QED) is 0.717. The Labute approximate surface area is 161 Å². The van der Waals surface area contributed by atoms with E-state index in [1.165, 1.54) is 5.56 Å². The van der Waals surface area contributed by atoms with Crippen LogP contribution in [-0.2, 0) is 11.3 Å². The van der Waals surface area contributed by atoms with Crippen molar-refractivity contribution in [1.82, 2.24) is 4.90 Å². The van der Waals surface area contributed by atoms with Crippen LogP contribution in [0.1, 0.15) is 18.9 Å². The molecular weight excluding hydrogens is 352 g/mol. The predicted molar refractivity (Wildman–Crippen MR) is 107 cm³/mol. The van der Waals surface area contributed by atoms with Crippen molar-refractivity contribution in [2.75, 3.05) is 32.6 Å². The van der Waals surface area contributed by atoms with Crippen LogP contribution in [0.25, 0.3) is 0 Å². The van der Waals surface area contributed by atoms with E-state index in [2.05, 4.69) is 29.3 Å². The molecule has 0 aliphatic rings. The minimum atomic E-state index is -0.0261. The van der Waals surface area contributed by atoms with Gasteiger partial charge in [-0.25, -0.2) is 0 Å². The van der Waals surface area contributed by atoms with Gasteiger partial charge >= 0.3 is 0 Å². The zero-order chi connectivity index (χ0) is 18.1. The molecule has 0 saturated heterocycles. The maximum absolute atomic E-state index is 12.3. The fraction of sp³-hybridized carbons (Fsp3) is 0.350. The van der Waals surface area contributed by atoms with Crippen molar-refractivity contribution < 1.29 is 14.3 Å². The van der Waals surface area contributed by atoms with Gasteiger partial charge in [0, 0.05) is 43.4 Å². The van der Waals surface area contributed by atoms with Crippen molar-refractivity contribution in [2.45, 2.75) is 19.9 Å². The molecule has 2 aromatic rings. The fourth-order valence-electron chi connectivity index (χ4n) is 2.55. The van der Waals surface area contributed by atoms with Crippen LogP contribution in [0.15, 0.2) is 48.5 Å². The number of benzene rings is 2. The van der Waals surface area contributed by atoms with E-state index in [1.54, 1.807) is 32.4 Å². The summed E-state index contributed by atoms with van der Waals surface area (Å²) >= 11 is 0. The molecule has 6 heteroatoms. The molecule has 0 atom stereocenters. The Bertz CT molecular complexity index is 658. The zero-order valence-corrected chi connectivity index (χ0v) is 16.3. The zero-order valence-electron chi connectivity index (χ0n) is 15.5. The lowest BCUT2D eigenvalue weighted by Gasteiger charge is -2.20. The number of hydrogen-bond donors (Lipinski definition) is 1. The molecule has 0 fully saturated rings. The van der Waals surface area contributed by atoms with Crippen molar-refractivity contribution >= 4 is 24.0 Å². The number of ether oxygens (including phenoxy) is 2. The van der Waals surface area contributed by atoms with Gasteiger partial charge in [-0.05, 0) is 12.1 Å². The summed E-state index contributed by atoms with van der Waals surface area (Å²) in [4.78, 5) is 14.5. The van der Waals surface area contributed by atoms with Gasteiger partial charge in [-0.2, -0.15) is 0 Å². The van der Waals surface area contributed by atoms with E-state index >= 15 is 0 Å². The molecule has 0 spiro atoms. The molecule has 0 aliphatic heterocycles. The molecule has 1 N–H and O–H groups in total. The Kier molecular flexibility index (Phi) is 9.55. The van der Waals surface area contributed by atoms with Gasteiger partial charge in [0.1, 0.15) is 11.5 Å². The first-order valence-electron chi connectivity index (χ1n) is 8.43. The van der Waals surface area contributed by atoms with Crippen molar-refractivity contribution in [3.05, 3.63) is 54.1 Å². The highest BCUT2D eigenvalue weighted by atomic mass is 35.5. The first-order valence-corrected chi connectivity index (χ1v) is 8.43. The first-order chi connectivity index (χ1) is 12.1. The van der Waals surface area contributed by atoms with E-state index in [-0.39, 0.29) is 18.3 Å². The van der Waals surface area contributed by atoms with Gasteiger partial charge in [0.2, 0.25) is 5.91 Å². The Morgan fingerprint density at radius 3 is 2.19 bits per heavy atom. The summed E-state index contributed by atoms with van der Waals surface area (Å²) in [6.07, 6.45) is 0.431. The number of hydrogen-bond acceptors (Lipinski definition) is 4. The van der Waals surface area contributed by atoms with E-state index in [9.17, 15) is 4.79 Å². The third-order valence-electron chi connectivity index (χ3n) is 3.99. The van der Waals surface area contributed by atoms with E-state index in [0.29, 0.717) is 30.2 Å². The molecule has 2 aromatic carbocycles. The Hall–Kier alpha value is -2.24. The largest absolute Gasteiger partial charge is 0.497 e. The third-order valence-corrected chi connectivity index (χ3v) is 3.99. The van der Waals surface area contributed by atoms with Gasteiger partial charge in [0.25, 0.3) is 0 Å². The molecule has 5 nitrogen and oxygen atoms in total. The second-order valence-corrected chi connectivity index (χ2v) is 5.75. The fourth-order valence-corrected chi connectivity index (χ4v) is 2.55. The molecule has 0 saturated carbocycles. The van der Waals surface area contributed by atoms with Gasteiger partial charge in [-0.1, -0.05) is 37.3 Å². The van der Waals surface area contributed by atoms with Crippen LogP contribution in [-0.4, -0.2) is 38.1 Å². The summed E-state index contributed by atoms with van der Waals surface area (Å²) < 4.78 is 10.4. The molecule has 0 aromatic heterocycles. The Balaban J connectivity index is 0.00000338. The topological polar surface area (TPSA) is 50.8 Å². The van der Waals surface area contributed by atoms with Crippen LogP contribution in [0.5, 0.6) is 11.5 Å². The van der Waals surface area contributed by atoms with Crippen LogP contribution in [0.3, 0.4) is 0 Å². The lowest BCUT2D eigenvalue weighted by molar-refractivity contribution is -0.116. The highest BCUT2D eigenvalue weighted by molar-refractivity contribution is 5.91. The van der Waals surface area contributed by atoms with Crippen molar-refractivity contribution in [2.24, 2.45) is 0 Å². The highest BCUT2D eigenvalue weighted by Crippen LogP contribution is 2.25. The number of nitrogens with zero attached hydrogens (tertiary/aromatic N) is 1. The molecule has 142 valence electrons. The first kappa shape index (κ1) is 21.8. The number of anilines is 1. The summed E-state index contributed by atoms with van der Waals surface area (Å²) in [7, 11) is 3.17. The molecule has 26 heavy (non-hydrogen) atoms. The van der Waals surface area contributed by atoms with E-state index < -0.39 is 0 Å². The number of methoxy groups -OCH3 is 2. The molecule has 0 heterocycles. The van der Waals surface area contributed by atoms with Gasteiger partial charge in [-0.15, -0.1) is 12.4 Å². The van der Waals surface area contributed by atoms with E-state index in [4.69, 9.17) is 9.47 Å². The molecule has 2 rings (SSSR count). The number of carbonyl (C=O) groups is 1. The standard InChI is InChI=1S/C20H26N2O3.ClH/c1-4-22(15-16-8-6-5-7-9-16)11-10-20(23)21-17-12-18(24-2)14-19(13-17)25-3;/h5-9,12-14H,4,10-11,15H2,1-3H3,(H,21,23);1H. The lowest BCUT2D eigenvalue weighted by Crippen LogP contribution is -2.27. The van der Waals surface area contributed by atoms with Crippen LogP contribution < -0.4 is 14.8 Å². The Morgan fingerprint density at radius 2 is 1.65 bits per heavy atom. The maximum Gasteiger partial charge on any atom is 0.225 e. The summed E-state index contributed by atoms with van der Waals surface area (Å²) in [5, 5.41) is 2.91. The van der Waals surface area contributed by atoms with Crippen LogP contribution >= 0.6 is 12.4 Å².